The summed E-state index contributed by atoms with van der Waals surface area (Å²) in [5.41, 5.74) is 0. The first kappa shape index (κ1) is 13.4. The third kappa shape index (κ3) is 7.68. The van der Waals surface area contributed by atoms with E-state index in [1.807, 2.05) is 0 Å². The standard InChI is InChI=1S/C6H12N2OS.ClH/c1-5(9)10-4-6(7)8(2)3;/h7H,4H2,1-3H3;1H. The molecule has 0 bridgehead atoms. The molecule has 0 amide bonds. The largest absolute Gasteiger partial charge is 0.366 e. The molecule has 66 valence electrons. The Morgan fingerprint density at radius 3 is 2.27 bits per heavy atom. The van der Waals surface area contributed by atoms with Gasteiger partial charge in [-0.05, 0) is 0 Å². The summed E-state index contributed by atoms with van der Waals surface area (Å²) in [6.07, 6.45) is 0. The van der Waals surface area contributed by atoms with E-state index >= 15 is 0 Å². The summed E-state index contributed by atoms with van der Waals surface area (Å²) in [5, 5.41) is 7.35. The Kier molecular flexibility index (Phi) is 7.89. The molecule has 0 rings (SSSR count). The van der Waals surface area contributed by atoms with Crippen molar-refractivity contribution in [1.82, 2.24) is 4.90 Å². The van der Waals surface area contributed by atoms with E-state index in [1.165, 1.54) is 6.92 Å². The normalized spacial score (nSPS) is 8.27. The molecule has 0 fully saturated rings. The maximum absolute atomic E-state index is 10.4. The van der Waals surface area contributed by atoms with Crippen molar-refractivity contribution >= 4 is 35.1 Å². The smallest absolute Gasteiger partial charge is 0.186 e. The van der Waals surface area contributed by atoms with Gasteiger partial charge in [0.15, 0.2) is 5.12 Å². The van der Waals surface area contributed by atoms with Gasteiger partial charge < -0.3 is 4.90 Å². The lowest BCUT2D eigenvalue weighted by molar-refractivity contribution is -0.109. The molecule has 0 aromatic carbocycles. The Morgan fingerprint density at radius 2 is 2.00 bits per heavy atom. The highest BCUT2D eigenvalue weighted by Crippen LogP contribution is 2.01. The third-order valence-electron chi connectivity index (χ3n) is 0.952. The maximum Gasteiger partial charge on any atom is 0.186 e. The average molecular weight is 197 g/mol. The molecule has 0 aromatic rings. The summed E-state index contributed by atoms with van der Waals surface area (Å²) in [6, 6.07) is 0. The zero-order valence-electron chi connectivity index (χ0n) is 6.88. The number of amidine groups is 1. The van der Waals surface area contributed by atoms with E-state index in [2.05, 4.69) is 0 Å². The Hall–Kier alpha value is -0.220. The number of carbonyl (C=O) groups excluding carboxylic acids is 1. The summed E-state index contributed by atoms with van der Waals surface area (Å²) >= 11 is 1.16. The number of nitrogens with zero attached hydrogens (tertiary/aromatic N) is 1. The van der Waals surface area contributed by atoms with Crippen LogP contribution in [0.25, 0.3) is 0 Å². The van der Waals surface area contributed by atoms with E-state index in [9.17, 15) is 4.79 Å². The topological polar surface area (TPSA) is 44.2 Å². The molecule has 5 heteroatoms. The summed E-state index contributed by atoms with van der Waals surface area (Å²) in [7, 11) is 3.59. The van der Waals surface area contributed by atoms with Crippen molar-refractivity contribution in [3.8, 4) is 0 Å². The molecule has 0 saturated heterocycles. The molecule has 0 heterocycles. The molecular formula is C6H13ClN2OS. The molecule has 0 aromatic heterocycles. The number of hydrogen-bond donors (Lipinski definition) is 1. The fraction of sp³-hybridized carbons (Fsp3) is 0.667. The minimum Gasteiger partial charge on any atom is -0.366 e. The molecule has 0 aliphatic heterocycles. The molecule has 1 N–H and O–H groups in total. The molecule has 0 radical (unpaired) electrons. The van der Waals surface area contributed by atoms with E-state index in [0.717, 1.165) is 11.8 Å². The minimum atomic E-state index is 0. The second-order valence-corrected chi connectivity index (χ2v) is 3.27. The van der Waals surface area contributed by atoms with Gasteiger partial charge in [0.1, 0.15) is 5.84 Å². The quantitative estimate of drug-likeness (QED) is 0.534. The van der Waals surface area contributed by atoms with Gasteiger partial charge in [-0.2, -0.15) is 0 Å². The van der Waals surface area contributed by atoms with Crippen LogP contribution in [0.1, 0.15) is 6.92 Å². The molecule has 0 aliphatic carbocycles. The van der Waals surface area contributed by atoms with Crippen molar-refractivity contribution in [3.63, 3.8) is 0 Å². The second-order valence-electron chi connectivity index (χ2n) is 2.12. The van der Waals surface area contributed by atoms with E-state index in [1.54, 1.807) is 19.0 Å². The van der Waals surface area contributed by atoms with Crippen LogP contribution in [0, 0.1) is 5.41 Å². The number of hydrogen-bond acceptors (Lipinski definition) is 3. The predicted octanol–water partition coefficient (Wildman–Crippen LogP) is 1.23. The highest BCUT2D eigenvalue weighted by molar-refractivity contribution is 8.14. The van der Waals surface area contributed by atoms with Crippen molar-refractivity contribution in [3.05, 3.63) is 0 Å². The SMILES string of the molecule is CC(=O)SCC(=N)N(C)C.Cl. The van der Waals surface area contributed by atoms with Gasteiger partial charge in [0.25, 0.3) is 0 Å². The molecule has 0 unspecified atom stereocenters. The lowest BCUT2D eigenvalue weighted by Gasteiger charge is -2.11. The van der Waals surface area contributed by atoms with Crippen molar-refractivity contribution in [2.75, 3.05) is 19.8 Å². The molecule has 11 heavy (non-hydrogen) atoms. The number of rotatable bonds is 2. The number of thioether (sulfide) groups is 1. The zero-order valence-corrected chi connectivity index (χ0v) is 8.51. The number of carbonyl (C=O) groups is 1. The Bertz CT molecular complexity index is 150. The Labute approximate surface area is 77.4 Å². The fourth-order valence-electron chi connectivity index (χ4n) is 0.299. The monoisotopic (exact) mass is 196 g/mol. The van der Waals surface area contributed by atoms with Crippen LogP contribution in [-0.2, 0) is 4.79 Å². The summed E-state index contributed by atoms with van der Waals surface area (Å²) in [4.78, 5) is 12.1. The molecule has 0 saturated carbocycles. The van der Waals surface area contributed by atoms with Gasteiger partial charge in [-0.3, -0.25) is 10.2 Å². The third-order valence-corrected chi connectivity index (χ3v) is 1.78. The van der Waals surface area contributed by atoms with Crippen LogP contribution < -0.4 is 0 Å². The van der Waals surface area contributed by atoms with E-state index in [0.29, 0.717) is 11.6 Å². The van der Waals surface area contributed by atoms with Crippen LogP contribution in [0.5, 0.6) is 0 Å². The van der Waals surface area contributed by atoms with Gasteiger partial charge in [0.05, 0.1) is 5.75 Å². The van der Waals surface area contributed by atoms with E-state index in [4.69, 9.17) is 5.41 Å². The van der Waals surface area contributed by atoms with Crippen LogP contribution in [0.2, 0.25) is 0 Å². The Morgan fingerprint density at radius 1 is 1.55 bits per heavy atom. The lowest BCUT2D eigenvalue weighted by Crippen LogP contribution is -2.23. The van der Waals surface area contributed by atoms with Gasteiger partial charge in [-0.15, -0.1) is 12.4 Å². The van der Waals surface area contributed by atoms with Crippen molar-refractivity contribution in [2.45, 2.75) is 6.92 Å². The Balaban J connectivity index is 0. The average Bonchev–Trinajstić information content (AvgIpc) is 1.82. The van der Waals surface area contributed by atoms with Gasteiger partial charge in [-0.1, -0.05) is 11.8 Å². The van der Waals surface area contributed by atoms with Gasteiger partial charge in [0.2, 0.25) is 0 Å². The van der Waals surface area contributed by atoms with Gasteiger partial charge in [-0.25, -0.2) is 0 Å². The predicted molar refractivity (Wildman–Crippen MR) is 51.8 cm³/mol. The van der Waals surface area contributed by atoms with Crippen LogP contribution in [0.4, 0.5) is 0 Å². The first-order valence-corrected chi connectivity index (χ1v) is 3.90. The minimum absolute atomic E-state index is 0. The summed E-state index contributed by atoms with van der Waals surface area (Å²) in [5.74, 6) is 0.947. The lowest BCUT2D eigenvalue weighted by atomic mass is 10.6. The van der Waals surface area contributed by atoms with Crippen LogP contribution in [0.15, 0.2) is 0 Å². The van der Waals surface area contributed by atoms with Crippen LogP contribution in [-0.4, -0.2) is 35.7 Å². The summed E-state index contributed by atoms with van der Waals surface area (Å²) < 4.78 is 0. The van der Waals surface area contributed by atoms with Crippen molar-refractivity contribution in [1.29, 1.82) is 5.41 Å². The van der Waals surface area contributed by atoms with Crippen LogP contribution in [0.3, 0.4) is 0 Å². The number of nitrogens with one attached hydrogen (secondary N) is 1. The van der Waals surface area contributed by atoms with Gasteiger partial charge in [0, 0.05) is 21.0 Å². The molecule has 0 spiro atoms. The fourth-order valence-corrected chi connectivity index (χ4v) is 0.897. The maximum atomic E-state index is 10.4. The first-order valence-electron chi connectivity index (χ1n) is 2.92. The molecule has 0 aliphatic rings. The number of halogens is 1. The molecular weight excluding hydrogens is 184 g/mol. The molecule has 3 nitrogen and oxygen atoms in total. The molecule has 0 atom stereocenters. The zero-order chi connectivity index (χ0) is 8.15. The second kappa shape index (κ2) is 6.49. The van der Waals surface area contributed by atoms with Crippen molar-refractivity contribution in [2.24, 2.45) is 0 Å². The van der Waals surface area contributed by atoms with Gasteiger partial charge >= 0.3 is 0 Å². The van der Waals surface area contributed by atoms with E-state index < -0.39 is 0 Å². The first-order chi connectivity index (χ1) is 4.54. The van der Waals surface area contributed by atoms with Crippen LogP contribution >= 0.6 is 24.2 Å². The highest BCUT2D eigenvalue weighted by Gasteiger charge is 2.00. The summed E-state index contributed by atoms with van der Waals surface area (Å²) in [6.45, 7) is 1.51. The van der Waals surface area contributed by atoms with Crippen molar-refractivity contribution < 1.29 is 4.79 Å². The van der Waals surface area contributed by atoms with E-state index in [-0.39, 0.29) is 17.5 Å². The highest BCUT2D eigenvalue weighted by atomic mass is 35.5.